The van der Waals surface area contributed by atoms with Crippen molar-refractivity contribution in [3.63, 3.8) is 0 Å². The number of carbonyl (C=O) groups excluding carboxylic acids is 2. The minimum Gasteiger partial charge on any atom is -0.491 e. The smallest absolute Gasteiger partial charge is 0.325 e. The number of amides is 1. The number of nitrogens with one attached hydrogen (secondary N) is 1. The number of thiophene rings is 1. The van der Waals surface area contributed by atoms with Gasteiger partial charge in [0.2, 0.25) is 5.91 Å². The van der Waals surface area contributed by atoms with Crippen LogP contribution >= 0.6 is 11.3 Å². The van der Waals surface area contributed by atoms with Gasteiger partial charge in [0.15, 0.2) is 23.2 Å². The summed E-state index contributed by atoms with van der Waals surface area (Å²) in [6.07, 6.45) is 5.27. The fourth-order valence-corrected chi connectivity index (χ4v) is 5.70. The molecule has 4 aromatic rings. The van der Waals surface area contributed by atoms with Gasteiger partial charge in [-0.3, -0.25) is 14.4 Å². The molecule has 2 heterocycles. The fraction of sp³-hybridized carbons (Fsp3) is 0.361. The fourth-order valence-electron chi connectivity index (χ4n) is 4.69. The molecule has 0 aliphatic carbocycles. The summed E-state index contributed by atoms with van der Waals surface area (Å²) < 4.78 is 20.0. The Balaban J connectivity index is 1.47. The number of hydrogen-bond donors (Lipinski definition) is 2. The number of carboxylic acids is 1. The van der Waals surface area contributed by atoms with E-state index in [4.69, 9.17) is 4.74 Å². The minimum atomic E-state index is -1.15. The molecule has 10 heteroatoms. The Morgan fingerprint density at radius 1 is 0.978 bits per heavy atom. The van der Waals surface area contributed by atoms with Crippen LogP contribution in [-0.4, -0.2) is 45.4 Å². The lowest BCUT2D eigenvalue weighted by Gasteiger charge is -2.18. The number of carbonyl (C=O) groups is 3. The Hall–Kier alpha value is -4.44. The van der Waals surface area contributed by atoms with Crippen LogP contribution in [0, 0.1) is 11.7 Å². The van der Waals surface area contributed by atoms with Crippen LogP contribution in [0.2, 0.25) is 0 Å². The van der Waals surface area contributed by atoms with E-state index in [9.17, 15) is 23.9 Å². The molecule has 0 unspecified atom stereocenters. The normalized spacial score (nSPS) is 12.7. The van der Waals surface area contributed by atoms with Crippen LogP contribution in [0.5, 0.6) is 5.75 Å². The second-order valence-electron chi connectivity index (χ2n) is 12.4. The molecule has 0 fully saturated rings. The van der Waals surface area contributed by atoms with Crippen LogP contribution in [-0.2, 0) is 21.4 Å². The van der Waals surface area contributed by atoms with E-state index in [0.717, 1.165) is 28.8 Å². The Labute approximate surface area is 273 Å². The molecule has 2 aromatic heterocycles. The van der Waals surface area contributed by atoms with E-state index >= 15 is 0 Å². The minimum absolute atomic E-state index is 0.0545. The Kier molecular flexibility index (Phi) is 11.4. The molecule has 1 amide bonds. The molecule has 242 valence electrons. The number of hydrogen-bond acceptors (Lipinski definition) is 7. The molecular weight excluding hydrogens is 605 g/mol. The van der Waals surface area contributed by atoms with Gasteiger partial charge < -0.3 is 15.2 Å². The van der Waals surface area contributed by atoms with Gasteiger partial charge in [-0.05, 0) is 60.6 Å². The Morgan fingerprint density at radius 3 is 2.24 bits per heavy atom. The van der Waals surface area contributed by atoms with Gasteiger partial charge in [0, 0.05) is 40.7 Å². The molecule has 0 aliphatic rings. The lowest BCUT2D eigenvalue weighted by Crippen LogP contribution is -2.42. The number of aromatic nitrogens is 2. The average Bonchev–Trinajstić information content (AvgIpc) is 3.54. The Bertz CT molecular complexity index is 1660. The first-order valence-electron chi connectivity index (χ1n) is 15.4. The molecule has 0 saturated heterocycles. The Morgan fingerprint density at radius 2 is 1.65 bits per heavy atom. The van der Waals surface area contributed by atoms with E-state index in [2.05, 4.69) is 36.1 Å². The first-order valence-corrected chi connectivity index (χ1v) is 16.2. The number of aliphatic carboxylic acids is 1. The SMILES string of the molecule is CCCCOc1ccc(-c2cnc(-c3ccc(C[C@H](CC(=O)c4ccc(C(C)(C)C)s4)C(=O)N[C@H](C)C(=O)O)cc3)nc2)cc1F. The number of benzene rings is 2. The van der Waals surface area contributed by atoms with Crippen LogP contribution in [0.15, 0.2) is 67.0 Å². The van der Waals surface area contributed by atoms with Gasteiger partial charge in [0.25, 0.3) is 0 Å². The highest BCUT2D eigenvalue weighted by Gasteiger charge is 2.27. The lowest BCUT2D eigenvalue weighted by molar-refractivity contribution is -0.141. The number of ether oxygens (including phenoxy) is 1. The van der Waals surface area contributed by atoms with Crippen molar-refractivity contribution < 1.29 is 28.6 Å². The van der Waals surface area contributed by atoms with Crippen molar-refractivity contribution in [3.05, 3.63) is 88.1 Å². The second kappa shape index (κ2) is 15.2. The van der Waals surface area contributed by atoms with E-state index in [1.54, 1.807) is 30.6 Å². The molecule has 0 bridgehead atoms. The molecule has 2 atom stereocenters. The summed E-state index contributed by atoms with van der Waals surface area (Å²) in [5, 5.41) is 11.8. The molecule has 4 rings (SSSR count). The van der Waals surface area contributed by atoms with Crippen molar-refractivity contribution in [1.82, 2.24) is 15.3 Å². The molecule has 0 radical (unpaired) electrons. The maximum absolute atomic E-state index is 14.5. The van der Waals surface area contributed by atoms with E-state index in [1.807, 2.05) is 37.3 Å². The van der Waals surface area contributed by atoms with Crippen LogP contribution in [0.25, 0.3) is 22.5 Å². The highest BCUT2D eigenvalue weighted by Crippen LogP contribution is 2.31. The van der Waals surface area contributed by atoms with Crippen LogP contribution in [0.1, 0.15) is 74.0 Å². The van der Waals surface area contributed by atoms with E-state index in [0.29, 0.717) is 28.4 Å². The molecule has 0 spiro atoms. The summed E-state index contributed by atoms with van der Waals surface area (Å²) in [7, 11) is 0. The number of ketones is 1. The zero-order valence-corrected chi connectivity index (χ0v) is 27.6. The van der Waals surface area contributed by atoms with Gasteiger partial charge in [0.1, 0.15) is 6.04 Å². The van der Waals surface area contributed by atoms with Crippen molar-refractivity contribution in [1.29, 1.82) is 0 Å². The molecule has 0 aliphatic heterocycles. The molecular formula is C36H40FN3O5S. The predicted octanol–water partition coefficient (Wildman–Crippen LogP) is 7.51. The molecule has 2 aromatic carbocycles. The van der Waals surface area contributed by atoms with Gasteiger partial charge in [-0.25, -0.2) is 14.4 Å². The van der Waals surface area contributed by atoms with Crippen LogP contribution in [0.4, 0.5) is 4.39 Å². The average molecular weight is 646 g/mol. The van der Waals surface area contributed by atoms with Crippen molar-refractivity contribution >= 4 is 29.0 Å². The quantitative estimate of drug-likeness (QED) is 0.108. The molecule has 46 heavy (non-hydrogen) atoms. The lowest BCUT2D eigenvalue weighted by atomic mass is 9.92. The number of unbranched alkanes of at least 4 members (excludes halogenated alkanes) is 1. The highest BCUT2D eigenvalue weighted by molar-refractivity contribution is 7.14. The van der Waals surface area contributed by atoms with Crippen molar-refractivity contribution in [2.24, 2.45) is 5.92 Å². The first kappa shape index (κ1) is 34.4. The van der Waals surface area contributed by atoms with Crippen molar-refractivity contribution in [3.8, 4) is 28.3 Å². The molecule has 0 saturated carbocycles. The number of rotatable bonds is 14. The zero-order chi connectivity index (χ0) is 33.4. The summed E-state index contributed by atoms with van der Waals surface area (Å²) in [6.45, 7) is 10.1. The molecule has 2 N–H and O–H groups in total. The number of halogens is 1. The maximum atomic E-state index is 14.5. The highest BCUT2D eigenvalue weighted by atomic mass is 32.1. The van der Waals surface area contributed by atoms with Crippen molar-refractivity contribution in [2.75, 3.05) is 6.61 Å². The first-order chi connectivity index (χ1) is 21.8. The van der Waals surface area contributed by atoms with Gasteiger partial charge >= 0.3 is 5.97 Å². The summed E-state index contributed by atoms with van der Waals surface area (Å²) in [4.78, 5) is 48.4. The summed E-state index contributed by atoms with van der Waals surface area (Å²) in [6, 6.07) is 14.8. The summed E-state index contributed by atoms with van der Waals surface area (Å²) in [5.41, 5.74) is 2.74. The third kappa shape index (κ3) is 9.06. The number of Topliss-reactive ketones (excluding diaryl/α,β-unsaturated/α-hetero) is 1. The monoisotopic (exact) mass is 645 g/mol. The zero-order valence-electron chi connectivity index (χ0n) is 26.8. The third-order valence-electron chi connectivity index (χ3n) is 7.52. The third-order valence-corrected chi connectivity index (χ3v) is 9.07. The van der Waals surface area contributed by atoms with Crippen LogP contribution in [0.3, 0.4) is 0 Å². The van der Waals surface area contributed by atoms with Gasteiger partial charge in [-0.15, -0.1) is 11.3 Å². The molecule has 8 nitrogen and oxygen atoms in total. The summed E-state index contributed by atoms with van der Waals surface area (Å²) >= 11 is 1.42. The largest absolute Gasteiger partial charge is 0.491 e. The van der Waals surface area contributed by atoms with E-state index < -0.39 is 29.7 Å². The number of nitrogens with zero attached hydrogens (tertiary/aromatic N) is 2. The van der Waals surface area contributed by atoms with Gasteiger partial charge in [0.05, 0.1) is 11.5 Å². The van der Waals surface area contributed by atoms with E-state index in [1.165, 1.54) is 24.3 Å². The standard InChI is InChI=1S/C36H40FN3O5S/c1-6-7-16-45-30-13-12-25(18-28(30)37)27-20-38-33(39-21-27)24-10-8-23(9-11-24)17-26(34(42)40-22(2)35(43)44)19-29(41)31-14-15-32(46-31)36(3,4)5/h8-15,18,20-22,26H,6-7,16-17,19H2,1-5H3,(H,40,42)(H,43,44)/t22-,26-/m1/s1. The maximum Gasteiger partial charge on any atom is 0.325 e. The van der Waals surface area contributed by atoms with Gasteiger partial charge in [-0.2, -0.15) is 0 Å². The second-order valence-corrected chi connectivity index (χ2v) is 13.4. The van der Waals surface area contributed by atoms with Crippen LogP contribution < -0.4 is 10.1 Å². The summed E-state index contributed by atoms with van der Waals surface area (Å²) in [5.74, 6) is -2.31. The van der Waals surface area contributed by atoms with E-state index in [-0.39, 0.29) is 29.8 Å². The van der Waals surface area contributed by atoms with Crippen molar-refractivity contribution in [2.45, 2.75) is 71.8 Å². The predicted molar refractivity (Wildman–Crippen MR) is 178 cm³/mol. The topological polar surface area (TPSA) is 118 Å². The number of carboxylic acid groups (broad SMARTS) is 1. The van der Waals surface area contributed by atoms with Gasteiger partial charge in [-0.1, -0.05) is 64.4 Å².